The molecule has 6 heteroatoms. The lowest BCUT2D eigenvalue weighted by molar-refractivity contribution is -0.139. The van der Waals surface area contributed by atoms with Crippen LogP contribution in [0.2, 0.25) is 0 Å². The second kappa shape index (κ2) is 14.3. The monoisotopic (exact) mass is 370 g/mol. The molecular formula is C20H26MgO5. The van der Waals surface area contributed by atoms with Crippen molar-refractivity contribution in [2.45, 2.75) is 38.5 Å². The van der Waals surface area contributed by atoms with Crippen molar-refractivity contribution in [2.24, 2.45) is 0 Å². The van der Waals surface area contributed by atoms with E-state index in [0.29, 0.717) is 12.8 Å². The van der Waals surface area contributed by atoms with Crippen molar-refractivity contribution < 1.29 is 25.3 Å². The summed E-state index contributed by atoms with van der Waals surface area (Å²) in [6.45, 7) is 3.76. The summed E-state index contributed by atoms with van der Waals surface area (Å²) < 4.78 is 0. The summed E-state index contributed by atoms with van der Waals surface area (Å²) >= 11 is 0. The van der Waals surface area contributed by atoms with Crippen molar-refractivity contribution in [2.75, 3.05) is 0 Å². The Morgan fingerprint density at radius 3 is 1.19 bits per heavy atom. The van der Waals surface area contributed by atoms with Crippen molar-refractivity contribution in [3.8, 4) is 0 Å². The van der Waals surface area contributed by atoms with Gasteiger partial charge in [0.25, 0.3) is 0 Å². The summed E-state index contributed by atoms with van der Waals surface area (Å²) in [5.41, 5.74) is 1.76. The van der Waals surface area contributed by atoms with Crippen molar-refractivity contribution >= 4 is 35.0 Å². The highest BCUT2D eigenvalue weighted by atomic mass is 24.3. The van der Waals surface area contributed by atoms with Crippen molar-refractivity contribution in [3.63, 3.8) is 0 Å². The van der Waals surface area contributed by atoms with Gasteiger partial charge < -0.3 is 15.7 Å². The van der Waals surface area contributed by atoms with Crippen LogP contribution in [0.3, 0.4) is 0 Å². The van der Waals surface area contributed by atoms with Gasteiger partial charge in [0.15, 0.2) is 0 Å². The Hall–Kier alpha value is -1.89. The normalized spacial score (nSPS) is 11.5. The van der Waals surface area contributed by atoms with E-state index in [0.717, 1.165) is 11.1 Å². The van der Waals surface area contributed by atoms with E-state index in [1.165, 1.54) is 0 Å². The minimum Gasteiger partial charge on any atom is -0.481 e. The van der Waals surface area contributed by atoms with Crippen LogP contribution in [0.15, 0.2) is 60.7 Å². The third-order valence-electron chi connectivity index (χ3n) is 3.82. The van der Waals surface area contributed by atoms with Crippen LogP contribution in [0.1, 0.15) is 49.7 Å². The summed E-state index contributed by atoms with van der Waals surface area (Å²) in [6.07, 6.45) is 1.28. The highest BCUT2D eigenvalue weighted by Gasteiger charge is 2.16. The van der Waals surface area contributed by atoms with Gasteiger partial charge in [0.1, 0.15) is 0 Å². The van der Waals surface area contributed by atoms with E-state index in [2.05, 4.69) is 0 Å². The number of carbonyl (C=O) groups is 2. The fourth-order valence-electron chi connectivity index (χ4n) is 2.48. The van der Waals surface area contributed by atoms with Gasteiger partial charge in [-0.1, -0.05) is 74.5 Å². The topological polar surface area (TPSA) is 106 Å². The van der Waals surface area contributed by atoms with E-state index < -0.39 is 11.9 Å². The number of rotatable bonds is 6. The largest absolute Gasteiger partial charge is 0.481 e. The highest BCUT2D eigenvalue weighted by molar-refractivity contribution is 5.76. The van der Waals surface area contributed by atoms with Gasteiger partial charge in [-0.05, 0) is 24.0 Å². The minimum absolute atomic E-state index is 0. The zero-order chi connectivity index (χ0) is 17.9. The lowest BCUT2D eigenvalue weighted by atomic mass is 9.97. The molecule has 2 atom stereocenters. The third-order valence-corrected chi connectivity index (χ3v) is 3.82. The molecule has 138 valence electrons. The van der Waals surface area contributed by atoms with E-state index in [1.54, 1.807) is 0 Å². The average Bonchev–Trinajstić information content (AvgIpc) is 2.58. The average molecular weight is 371 g/mol. The molecule has 26 heavy (non-hydrogen) atoms. The van der Waals surface area contributed by atoms with Crippen LogP contribution in [0, 0.1) is 0 Å². The zero-order valence-corrected chi connectivity index (χ0v) is 16.7. The van der Waals surface area contributed by atoms with Gasteiger partial charge in [0.2, 0.25) is 0 Å². The first-order chi connectivity index (χ1) is 11.5. The molecule has 2 unspecified atom stereocenters. The van der Waals surface area contributed by atoms with Crippen molar-refractivity contribution in [3.05, 3.63) is 71.8 Å². The lowest BCUT2D eigenvalue weighted by Gasteiger charge is -2.08. The molecule has 0 aliphatic rings. The maximum absolute atomic E-state index is 10.7. The van der Waals surface area contributed by atoms with Gasteiger partial charge in [-0.2, -0.15) is 0 Å². The maximum Gasteiger partial charge on any atom is 0.310 e. The van der Waals surface area contributed by atoms with Gasteiger partial charge in [0.05, 0.1) is 11.8 Å². The van der Waals surface area contributed by atoms with Crippen molar-refractivity contribution in [1.82, 2.24) is 0 Å². The molecule has 2 aromatic rings. The van der Waals surface area contributed by atoms with Crippen LogP contribution < -0.4 is 0 Å². The Balaban J connectivity index is 0. The summed E-state index contributed by atoms with van der Waals surface area (Å²) in [5.74, 6) is -2.20. The third kappa shape index (κ3) is 8.47. The van der Waals surface area contributed by atoms with Gasteiger partial charge in [-0.25, -0.2) is 0 Å². The van der Waals surface area contributed by atoms with Crippen LogP contribution in [0.25, 0.3) is 0 Å². The van der Waals surface area contributed by atoms with Crippen LogP contribution in [0.4, 0.5) is 0 Å². The molecule has 0 fully saturated rings. The molecule has 0 bridgehead atoms. The number of hydrogen-bond donors (Lipinski definition) is 2. The van der Waals surface area contributed by atoms with Gasteiger partial charge in [0, 0.05) is 23.1 Å². The molecule has 2 aromatic carbocycles. The number of aliphatic carboxylic acids is 2. The molecule has 0 aromatic heterocycles. The lowest BCUT2D eigenvalue weighted by Crippen LogP contribution is -2.09. The molecule has 2 rings (SSSR count). The Morgan fingerprint density at radius 1 is 0.731 bits per heavy atom. The van der Waals surface area contributed by atoms with Crippen LogP contribution in [-0.2, 0) is 9.59 Å². The smallest absolute Gasteiger partial charge is 0.310 e. The molecule has 0 heterocycles. The zero-order valence-electron chi connectivity index (χ0n) is 15.3. The Labute approximate surface area is 170 Å². The minimum atomic E-state index is -0.747. The van der Waals surface area contributed by atoms with Crippen LogP contribution in [-0.4, -0.2) is 50.7 Å². The number of carboxylic acid groups (broad SMARTS) is 2. The Kier molecular flexibility index (Phi) is 14.5. The Morgan fingerprint density at radius 2 is 1.00 bits per heavy atom. The van der Waals surface area contributed by atoms with E-state index in [4.69, 9.17) is 10.2 Å². The summed E-state index contributed by atoms with van der Waals surface area (Å²) in [7, 11) is 0. The van der Waals surface area contributed by atoms with Crippen LogP contribution >= 0.6 is 0 Å². The number of benzene rings is 2. The molecule has 2 radical (unpaired) electrons. The first kappa shape index (κ1) is 26.3. The molecule has 0 aliphatic carbocycles. The SMILES string of the molecule is CCC(C(=O)O)c1ccccc1.CCC(C(=O)O)c1ccccc1.O.[Mg]. The second-order valence-corrected chi connectivity index (χ2v) is 5.42. The molecule has 0 spiro atoms. The number of carboxylic acids is 2. The molecule has 5 nitrogen and oxygen atoms in total. The van der Waals surface area contributed by atoms with Gasteiger partial charge >= 0.3 is 11.9 Å². The first-order valence-corrected chi connectivity index (χ1v) is 8.06. The quantitative estimate of drug-likeness (QED) is 0.760. The fourth-order valence-corrected chi connectivity index (χ4v) is 2.48. The predicted octanol–water partition coefficient (Wildman–Crippen LogP) is 3.32. The van der Waals surface area contributed by atoms with E-state index in [9.17, 15) is 9.59 Å². The standard InChI is InChI=1S/2C10H12O2.Mg.H2O/c2*1-2-9(10(11)12)8-6-4-3-5-7-8;;/h2*3-7,9H,2H2,1H3,(H,11,12);;1H2. The molecule has 0 amide bonds. The fraction of sp³-hybridized carbons (Fsp3) is 0.300. The predicted molar refractivity (Wildman–Crippen MR) is 104 cm³/mol. The van der Waals surface area contributed by atoms with Crippen molar-refractivity contribution in [1.29, 1.82) is 0 Å². The van der Waals surface area contributed by atoms with E-state index in [-0.39, 0.29) is 40.4 Å². The maximum atomic E-state index is 10.7. The van der Waals surface area contributed by atoms with E-state index >= 15 is 0 Å². The first-order valence-electron chi connectivity index (χ1n) is 8.06. The van der Waals surface area contributed by atoms with Gasteiger partial charge in [-0.3, -0.25) is 9.59 Å². The van der Waals surface area contributed by atoms with Crippen LogP contribution in [0.5, 0.6) is 0 Å². The molecule has 0 saturated carbocycles. The molecular weight excluding hydrogens is 345 g/mol. The Bertz CT molecular complexity index is 574. The molecule has 4 N–H and O–H groups in total. The summed E-state index contributed by atoms with van der Waals surface area (Å²) in [4.78, 5) is 21.5. The highest BCUT2D eigenvalue weighted by Crippen LogP contribution is 2.19. The van der Waals surface area contributed by atoms with Gasteiger partial charge in [-0.15, -0.1) is 0 Å². The second-order valence-electron chi connectivity index (χ2n) is 5.42. The van der Waals surface area contributed by atoms with E-state index in [1.807, 2.05) is 74.5 Å². The molecule has 0 aliphatic heterocycles. The molecule has 0 saturated heterocycles. The summed E-state index contributed by atoms with van der Waals surface area (Å²) in [5, 5.41) is 17.7. The number of hydrogen-bond acceptors (Lipinski definition) is 2. The summed E-state index contributed by atoms with van der Waals surface area (Å²) in [6, 6.07) is 18.6.